The average Bonchev–Trinajstić information content (AvgIpc) is 2.31. The summed E-state index contributed by atoms with van der Waals surface area (Å²) in [6.45, 7) is 7.79. The van der Waals surface area contributed by atoms with Crippen molar-refractivity contribution in [3.8, 4) is 0 Å². The smallest absolute Gasteiger partial charge is 0.334 e. The molecule has 4 nitrogen and oxygen atoms in total. The Hall–Kier alpha value is -1.91. The summed E-state index contributed by atoms with van der Waals surface area (Å²) in [4.78, 5) is 24.8. The van der Waals surface area contributed by atoms with Crippen molar-refractivity contribution >= 4 is 11.9 Å². The minimum absolute atomic E-state index is 0.247. The molecule has 0 spiro atoms. The van der Waals surface area contributed by atoms with Gasteiger partial charge in [0, 0.05) is 13.0 Å². The molecular formula is C15H20FNO3. The molecule has 1 N–H and O–H groups in total. The Labute approximate surface area is 118 Å². The molecule has 5 heteroatoms. The van der Waals surface area contributed by atoms with Crippen LogP contribution in [0.25, 0.3) is 0 Å². The van der Waals surface area contributed by atoms with Gasteiger partial charge in [0.25, 0.3) is 0 Å². The molecule has 0 heterocycles. The molecule has 1 unspecified atom stereocenters. The van der Waals surface area contributed by atoms with Gasteiger partial charge in [0.15, 0.2) is 5.54 Å². The third-order valence-electron chi connectivity index (χ3n) is 3.49. The number of amides is 1. The van der Waals surface area contributed by atoms with Gasteiger partial charge in [-0.3, -0.25) is 4.79 Å². The highest BCUT2D eigenvalue weighted by Gasteiger charge is 2.44. The number of carboxylic acid groups (broad SMARTS) is 1. The first kappa shape index (κ1) is 16.1. The number of hydrogen-bond acceptors (Lipinski definition) is 2. The Bertz CT molecular complexity index is 542. The molecule has 1 aromatic carbocycles. The van der Waals surface area contributed by atoms with Crippen LogP contribution in [0.15, 0.2) is 18.2 Å². The molecule has 1 amide bonds. The fraction of sp³-hybridized carbons (Fsp3) is 0.467. The topological polar surface area (TPSA) is 57.6 Å². The van der Waals surface area contributed by atoms with Crippen LogP contribution in [0.3, 0.4) is 0 Å². The van der Waals surface area contributed by atoms with Gasteiger partial charge < -0.3 is 10.0 Å². The predicted octanol–water partition coefficient (Wildman–Crippen LogP) is 2.69. The van der Waals surface area contributed by atoms with E-state index >= 15 is 0 Å². The summed E-state index contributed by atoms with van der Waals surface area (Å²) in [5.74, 6) is -2.04. The van der Waals surface area contributed by atoms with Crippen LogP contribution in [0.5, 0.6) is 0 Å². The number of nitrogens with zero attached hydrogens (tertiary/aromatic N) is 1. The Balaban J connectivity index is 3.51. The Morgan fingerprint density at radius 2 is 1.90 bits per heavy atom. The molecule has 1 aromatic rings. The molecule has 0 aliphatic carbocycles. The van der Waals surface area contributed by atoms with Crippen molar-refractivity contribution in [2.45, 2.75) is 46.2 Å². The molecule has 0 radical (unpaired) electrons. The summed E-state index contributed by atoms with van der Waals surface area (Å²) in [7, 11) is 0. The quantitative estimate of drug-likeness (QED) is 0.923. The standard InChI is InChI=1S/C15H20FNO3/c1-9(2)17(11(4)18)15(5,14(19)20)12-7-6-10(3)13(16)8-12/h6-9H,1-5H3,(H,19,20). The van der Waals surface area contributed by atoms with Crippen LogP contribution in [-0.4, -0.2) is 27.9 Å². The molecule has 0 aromatic heterocycles. The molecule has 0 saturated heterocycles. The van der Waals surface area contributed by atoms with E-state index in [0.29, 0.717) is 5.56 Å². The zero-order chi connectivity index (χ0) is 15.7. The fourth-order valence-corrected chi connectivity index (χ4v) is 2.46. The molecule has 1 rings (SSSR count). The summed E-state index contributed by atoms with van der Waals surface area (Å²) in [6, 6.07) is 3.93. The zero-order valence-electron chi connectivity index (χ0n) is 12.4. The van der Waals surface area contributed by atoms with Crippen molar-refractivity contribution in [2.75, 3.05) is 0 Å². The highest BCUT2D eigenvalue weighted by molar-refractivity contribution is 5.87. The lowest BCUT2D eigenvalue weighted by molar-refractivity contribution is -0.160. The number of rotatable bonds is 4. The second-order valence-electron chi connectivity index (χ2n) is 5.32. The molecule has 0 saturated carbocycles. The van der Waals surface area contributed by atoms with Crippen molar-refractivity contribution in [3.05, 3.63) is 35.1 Å². The summed E-state index contributed by atoms with van der Waals surface area (Å²) in [5.41, 5.74) is -0.924. The van der Waals surface area contributed by atoms with Gasteiger partial charge in [0.1, 0.15) is 5.82 Å². The van der Waals surface area contributed by atoms with Crippen LogP contribution in [0, 0.1) is 12.7 Å². The molecule has 0 bridgehead atoms. The van der Waals surface area contributed by atoms with E-state index in [4.69, 9.17) is 0 Å². The molecule has 0 aliphatic heterocycles. The number of carbonyl (C=O) groups excluding carboxylic acids is 1. The second kappa shape index (κ2) is 5.61. The highest BCUT2D eigenvalue weighted by atomic mass is 19.1. The number of carbonyl (C=O) groups is 2. The second-order valence-corrected chi connectivity index (χ2v) is 5.32. The van der Waals surface area contributed by atoms with Crippen LogP contribution >= 0.6 is 0 Å². The van der Waals surface area contributed by atoms with E-state index in [1.54, 1.807) is 26.8 Å². The summed E-state index contributed by atoms with van der Waals surface area (Å²) in [5, 5.41) is 9.60. The van der Waals surface area contributed by atoms with Gasteiger partial charge in [-0.15, -0.1) is 0 Å². The lowest BCUT2D eigenvalue weighted by Crippen LogP contribution is -2.55. The van der Waals surface area contributed by atoms with Crippen LogP contribution in [-0.2, 0) is 15.1 Å². The lowest BCUT2D eigenvalue weighted by atomic mass is 9.88. The molecule has 0 aliphatic rings. The minimum atomic E-state index is -1.60. The number of halogens is 1. The Kier molecular flexibility index (Phi) is 4.53. The van der Waals surface area contributed by atoms with Gasteiger partial charge in [-0.25, -0.2) is 9.18 Å². The Morgan fingerprint density at radius 1 is 1.35 bits per heavy atom. The third-order valence-corrected chi connectivity index (χ3v) is 3.49. The van der Waals surface area contributed by atoms with Crippen LogP contribution in [0.2, 0.25) is 0 Å². The minimum Gasteiger partial charge on any atom is -0.479 e. The number of benzene rings is 1. The van der Waals surface area contributed by atoms with Gasteiger partial charge in [-0.1, -0.05) is 12.1 Å². The van der Waals surface area contributed by atoms with Crippen molar-refractivity contribution < 1.29 is 19.1 Å². The maximum absolute atomic E-state index is 13.7. The van der Waals surface area contributed by atoms with Crippen LogP contribution in [0.1, 0.15) is 38.8 Å². The SMILES string of the molecule is CC(=O)N(C(C)C)C(C)(C(=O)O)c1ccc(C)c(F)c1. The van der Waals surface area contributed by atoms with Gasteiger partial charge in [-0.05, 0) is 44.9 Å². The van der Waals surface area contributed by atoms with E-state index in [-0.39, 0.29) is 17.5 Å². The summed E-state index contributed by atoms with van der Waals surface area (Å²) < 4.78 is 13.7. The predicted molar refractivity (Wildman–Crippen MR) is 73.8 cm³/mol. The molecule has 20 heavy (non-hydrogen) atoms. The van der Waals surface area contributed by atoms with Crippen molar-refractivity contribution in [3.63, 3.8) is 0 Å². The maximum Gasteiger partial charge on any atom is 0.334 e. The number of hydrogen-bond donors (Lipinski definition) is 1. The van der Waals surface area contributed by atoms with Gasteiger partial charge in [0.05, 0.1) is 0 Å². The number of aliphatic carboxylic acids is 1. The normalized spacial score (nSPS) is 13.9. The van der Waals surface area contributed by atoms with E-state index in [1.165, 1.54) is 30.9 Å². The summed E-state index contributed by atoms with van der Waals surface area (Å²) in [6.07, 6.45) is 0. The molecular weight excluding hydrogens is 261 g/mol. The average molecular weight is 281 g/mol. The van der Waals surface area contributed by atoms with E-state index in [0.717, 1.165) is 0 Å². The fourth-order valence-electron chi connectivity index (χ4n) is 2.46. The van der Waals surface area contributed by atoms with Crippen LogP contribution in [0.4, 0.5) is 4.39 Å². The van der Waals surface area contributed by atoms with E-state index < -0.39 is 17.3 Å². The van der Waals surface area contributed by atoms with Gasteiger partial charge in [0.2, 0.25) is 5.91 Å². The molecule has 0 fully saturated rings. The van der Waals surface area contributed by atoms with E-state index in [9.17, 15) is 19.1 Å². The van der Waals surface area contributed by atoms with Crippen LogP contribution < -0.4 is 0 Å². The first-order valence-electron chi connectivity index (χ1n) is 6.42. The van der Waals surface area contributed by atoms with Gasteiger partial charge >= 0.3 is 5.97 Å². The van der Waals surface area contributed by atoms with Crippen molar-refractivity contribution in [1.29, 1.82) is 0 Å². The highest BCUT2D eigenvalue weighted by Crippen LogP contribution is 2.32. The maximum atomic E-state index is 13.7. The van der Waals surface area contributed by atoms with Crippen molar-refractivity contribution in [1.82, 2.24) is 4.90 Å². The lowest BCUT2D eigenvalue weighted by Gasteiger charge is -2.40. The van der Waals surface area contributed by atoms with E-state index in [2.05, 4.69) is 0 Å². The van der Waals surface area contributed by atoms with Crippen molar-refractivity contribution in [2.24, 2.45) is 0 Å². The third kappa shape index (κ3) is 2.66. The van der Waals surface area contributed by atoms with Gasteiger partial charge in [-0.2, -0.15) is 0 Å². The number of aryl methyl sites for hydroxylation is 1. The zero-order valence-corrected chi connectivity index (χ0v) is 12.4. The first-order chi connectivity index (χ1) is 9.12. The molecule has 1 atom stereocenters. The largest absolute Gasteiger partial charge is 0.479 e. The first-order valence-corrected chi connectivity index (χ1v) is 6.42. The summed E-state index contributed by atoms with van der Waals surface area (Å²) >= 11 is 0. The van der Waals surface area contributed by atoms with E-state index in [1.807, 2.05) is 0 Å². The Morgan fingerprint density at radius 3 is 2.25 bits per heavy atom. The monoisotopic (exact) mass is 281 g/mol. The number of carboxylic acids is 1. The molecule has 110 valence electrons.